The molecule has 5 nitrogen and oxygen atoms in total. The molecule has 0 aliphatic rings. The number of carbonyl (C=O) groups is 1. The van der Waals surface area contributed by atoms with Crippen molar-refractivity contribution in [1.82, 2.24) is 0 Å². The zero-order chi connectivity index (χ0) is 21.5. The van der Waals surface area contributed by atoms with Crippen molar-refractivity contribution >= 4 is 28.4 Å². The Bertz CT molecular complexity index is 1130. The van der Waals surface area contributed by atoms with E-state index in [1.165, 1.54) is 6.08 Å². The first-order valence-corrected chi connectivity index (χ1v) is 9.73. The van der Waals surface area contributed by atoms with Gasteiger partial charge in [-0.05, 0) is 52.6 Å². The molecule has 0 heterocycles. The second kappa shape index (κ2) is 9.62. The molecule has 3 rings (SSSR count). The number of benzene rings is 3. The van der Waals surface area contributed by atoms with Crippen LogP contribution in [-0.4, -0.2) is 19.6 Å². The fourth-order valence-corrected chi connectivity index (χ4v) is 2.93. The number of carbonyl (C=O) groups excluding carboxylic acids is 1. The lowest BCUT2D eigenvalue weighted by Crippen LogP contribution is -2.13. The average Bonchev–Trinajstić information content (AvgIpc) is 2.76. The number of nitrogens with zero attached hydrogens (tertiary/aromatic N) is 1. The van der Waals surface area contributed by atoms with E-state index in [1.54, 1.807) is 25.3 Å². The summed E-state index contributed by atoms with van der Waals surface area (Å²) in [5.41, 5.74) is 1.31. The van der Waals surface area contributed by atoms with E-state index in [0.717, 1.165) is 10.8 Å². The molecule has 3 aromatic rings. The van der Waals surface area contributed by atoms with Gasteiger partial charge in [0.2, 0.25) is 0 Å². The van der Waals surface area contributed by atoms with Crippen LogP contribution < -0.4 is 14.8 Å². The van der Waals surface area contributed by atoms with Crippen LogP contribution in [0.5, 0.6) is 11.5 Å². The van der Waals surface area contributed by atoms with E-state index in [-0.39, 0.29) is 5.57 Å². The smallest absolute Gasteiger partial charge is 0.266 e. The van der Waals surface area contributed by atoms with E-state index in [9.17, 15) is 10.1 Å². The van der Waals surface area contributed by atoms with Gasteiger partial charge in [-0.25, -0.2) is 0 Å². The van der Waals surface area contributed by atoms with Gasteiger partial charge in [-0.1, -0.05) is 50.2 Å². The lowest BCUT2D eigenvalue weighted by molar-refractivity contribution is -0.112. The standard InChI is InChI=1S/C25H24N2O3/c1-17(2)16-30-23-11-8-18(13-24(23)29-3)12-21(15-26)25(28)27-22-10-9-19-6-4-5-7-20(19)14-22/h4-14,17H,16H2,1-3H3,(H,27,28)/b21-12+. The van der Waals surface area contributed by atoms with Crippen molar-refractivity contribution in [3.05, 3.63) is 71.8 Å². The van der Waals surface area contributed by atoms with Gasteiger partial charge >= 0.3 is 0 Å². The van der Waals surface area contributed by atoms with E-state index in [4.69, 9.17) is 9.47 Å². The minimum Gasteiger partial charge on any atom is -0.493 e. The Kier molecular flexibility index (Phi) is 6.71. The molecule has 3 aromatic carbocycles. The van der Waals surface area contributed by atoms with Crippen molar-refractivity contribution < 1.29 is 14.3 Å². The Hall–Kier alpha value is -3.78. The van der Waals surface area contributed by atoms with E-state index in [0.29, 0.717) is 35.3 Å². The summed E-state index contributed by atoms with van der Waals surface area (Å²) in [6, 6.07) is 20.8. The molecule has 0 aliphatic heterocycles. The molecule has 0 aliphatic carbocycles. The van der Waals surface area contributed by atoms with Gasteiger partial charge in [-0.15, -0.1) is 0 Å². The third kappa shape index (κ3) is 5.18. The van der Waals surface area contributed by atoms with Gasteiger partial charge in [-0.2, -0.15) is 5.26 Å². The van der Waals surface area contributed by atoms with Crippen LogP contribution in [0.3, 0.4) is 0 Å². The van der Waals surface area contributed by atoms with Crippen molar-refractivity contribution in [1.29, 1.82) is 5.26 Å². The maximum atomic E-state index is 12.6. The Morgan fingerprint density at radius 1 is 1.07 bits per heavy atom. The quantitative estimate of drug-likeness (QED) is 0.424. The maximum Gasteiger partial charge on any atom is 0.266 e. The first-order valence-electron chi connectivity index (χ1n) is 9.73. The van der Waals surface area contributed by atoms with Gasteiger partial charge in [0.25, 0.3) is 5.91 Å². The lowest BCUT2D eigenvalue weighted by atomic mass is 10.1. The van der Waals surface area contributed by atoms with Gasteiger partial charge < -0.3 is 14.8 Å². The van der Waals surface area contributed by atoms with Gasteiger partial charge in [0.15, 0.2) is 11.5 Å². The first kappa shape index (κ1) is 20.9. The summed E-state index contributed by atoms with van der Waals surface area (Å²) in [6.07, 6.45) is 1.53. The zero-order valence-electron chi connectivity index (χ0n) is 17.3. The third-order valence-corrected chi connectivity index (χ3v) is 4.44. The predicted molar refractivity (Wildman–Crippen MR) is 119 cm³/mol. The van der Waals surface area contributed by atoms with Crippen LogP contribution in [0, 0.1) is 17.2 Å². The Labute approximate surface area is 176 Å². The molecule has 0 radical (unpaired) electrons. The van der Waals surface area contributed by atoms with E-state index < -0.39 is 5.91 Å². The predicted octanol–water partition coefficient (Wildman–Crippen LogP) is 5.43. The van der Waals surface area contributed by atoms with Gasteiger partial charge in [0, 0.05) is 5.69 Å². The second-order valence-electron chi connectivity index (χ2n) is 7.30. The van der Waals surface area contributed by atoms with Crippen LogP contribution in [0.2, 0.25) is 0 Å². The van der Waals surface area contributed by atoms with E-state index in [2.05, 4.69) is 19.2 Å². The molecule has 0 bridgehead atoms. The van der Waals surface area contributed by atoms with Crippen LogP contribution >= 0.6 is 0 Å². The van der Waals surface area contributed by atoms with Crippen LogP contribution in [0.4, 0.5) is 5.69 Å². The molecule has 0 atom stereocenters. The summed E-state index contributed by atoms with van der Waals surface area (Å²) in [5.74, 6) is 1.10. The minimum atomic E-state index is -0.466. The highest BCUT2D eigenvalue weighted by molar-refractivity contribution is 6.10. The zero-order valence-corrected chi connectivity index (χ0v) is 17.3. The number of hydrogen-bond donors (Lipinski definition) is 1. The van der Waals surface area contributed by atoms with Crippen molar-refractivity contribution in [3.63, 3.8) is 0 Å². The maximum absolute atomic E-state index is 12.6. The molecular weight excluding hydrogens is 376 g/mol. The second-order valence-corrected chi connectivity index (χ2v) is 7.30. The van der Waals surface area contributed by atoms with Crippen LogP contribution in [0.1, 0.15) is 19.4 Å². The van der Waals surface area contributed by atoms with Gasteiger partial charge in [0.05, 0.1) is 13.7 Å². The number of fused-ring (bicyclic) bond motifs is 1. The highest BCUT2D eigenvalue weighted by atomic mass is 16.5. The Morgan fingerprint density at radius 3 is 2.53 bits per heavy atom. The van der Waals surface area contributed by atoms with E-state index in [1.807, 2.05) is 48.5 Å². The topological polar surface area (TPSA) is 71.3 Å². The number of nitriles is 1. The normalized spacial score (nSPS) is 11.2. The average molecular weight is 400 g/mol. The van der Waals surface area contributed by atoms with Gasteiger partial charge in [0.1, 0.15) is 11.6 Å². The molecule has 0 saturated carbocycles. The number of ether oxygens (including phenoxy) is 2. The molecule has 0 aromatic heterocycles. The summed E-state index contributed by atoms with van der Waals surface area (Å²) < 4.78 is 11.1. The third-order valence-electron chi connectivity index (χ3n) is 4.44. The number of anilines is 1. The molecule has 0 unspecified atom stereocenters. The van der Waals surface area contributed by atoms with Gasteiger partial charge in [-0.3, -0.25) is 4.79 Å². The largest absolute Gasteiger partial charge is 0.493 e. The highest BCUT2D eigenvalue weighted by Gasteiger charge is 2.12. The van der Waals surface area contributed by atoms with Crippen molar-refractivity contribution in [3.8, 4) is 17.6 Å². The molecule has 152 valence electrons. The molecule has 1 amide bonds. The summed E-state index contributed by atoms with van der Waals surface area (Å²) >= 11 is 0. The van der Waals surface area contributed by atoms with Crippen molar-refractivity contribution in [2.45, 2.75) is 13.8 Å². The van der Waals surface area contributed by atoms with Crippen LogP contribution in [0.15, 0.2) is 66.2 Å². The Morgan fingerprint density at radius 2 is 1.83 bits per heavy atom. The molecular formula is C25H24N2O3. The molecule has 0 fully saturated rings. The molecule has 1 N–H and O–H groups in total. The number of hydrogen-bond acceptors (Lipinski definition) is 4. The van der Waals surface area contributed by atoms with Crippen LogP contribution in [-0.2, 0) is 4.79 Å². The summed E-state index contributed by atoms with van der Waals surface area (Å²) in [7, 11) is 1.56. The van der Waals surface area contributed by atoms with E-state index >= 15 is 0 Å². The van der Waals surface area contributed by atoms with Crippen molar-refractivity contribution in [2.75, 3.05) is 19.0 Å². The number of amides is 1. The molecule has 5 heteroatoms. The summed E-state index contributed by atoms with van der Waals surface area (Å²) in [5, 5.41) is 14.4. The number of nitrogens with one attached hydrogen (secondary N) is 1. The number of rotatable bonds is 7. The monoisotopic (exact) mass is 400 g/mol. The lowest BCUT2D eigenvalue weighted by Gasteiger charge is -2.13. The Balaban J connectivity index is 1.79. The van der Waals surface area contributed by atoms with Crippen molar-refractivity contribution in [2.24, 2.45) is 5.92 Å². The van der Waals surface area contributed by atoms with Crippen LogP contribution in [0.25, 0.3) is 16.8 Å². The number of methoxy groups -OCH3 is 1. The summed E-state index contributed by atoms with van der Waals surface area (Å²) in [6.45, 7) is 4.71. The first-order chi connectivity index (χ1) is 14.5. The molecule has 0 spiro atoms. The highest BCUT2D eigenvalue weighted by Crippen LogP contribution is 2.29. The molecule has 0 saturated heterocycles. The summed E-state index contributed by atoms with van der Waals surface area (Å²) in [4.78, 5) is 12.6. The SMILES string of the molecule is COc1cc(/C=C(\C#N)C(=O)Nc2ccc3ccccc3c2)ccc1OCC(C)C. The molecule has 30 heavy (non-hydrogen) atoms. The fourth-order valence-electron chi connectivity index (χ4n) is 2.93. The minimum absolute atomic E-state index is 0.000982. The fraction of sp³-hybridized carbons (Fsp3) is 0.200.